The van der Waals surface area contributed by atoms with Gasteiger partial charge in [-0.2, -0.15) is 0 Å². The summed E-state index contributed by atoms with van der Waals surface area (Å²) < 4.78 is 0. The normalized spacial score (nSPS) is 24.9. The Bertz CT molecular complexity index is 5170. The van der Waals surface area contributed by atoms with Gasteiger partial charge in [-0.05, 0) is 92.9 Å². The molecule has 15 atom stereocenters. The third-order valence-electron chi connectivity index (χ3n) is 23.7. The van der Waals surface area contributed by atoms with Crippen molar-refractivity contribution in [1.29, 1.82) is 0 Å². The number of rotatable bonds is 25. The van der Waals surface area contributed by atoms with Gasteiger partial charge in [-0.15, -0.1) is 11.8 Å². The number of nitrogens with two attached hydrogens (primary N) is 3. The summed E-state index contributed by atoms with van der Waals surface area (Å²) in [5.41, 5.74) is 19.9. The van der Waals surface area contributed by atoms with E-state index in [2.05, 4.69) is 73.1 Å². The summed E-state index contributed by atoms with van der Waals surface area (Å²) in [5, 5.41) is 70.0. The van der Waals surface area contributed by atoms with Crippen LogP contribution in [-0.2, 0) is 112 Å². The molecule has 17 amide bonds. The van der Waals surface area contributed by atoms with Crippen molar-refractivity contribution in [3.05, 3.63) is 120 Å². The van der Waals surface area contributed by atoms with Gasteiger partial charge in [0.25, 0.3) is 0 Å². The molecule has 6 heterocycles. The average molecular weight is 1870 g/mol. The van der Waals surface area contributed by atoms with E-state index in [4.69, 9.17) is 17.2 Å². The van der Waals surface area contributed by atoms with Crippen LogP contribution in [0.1, 0.15) is 127 Å². The van der Waals surface area contributed by atoms with Gasteiger partial charge >= 0.3 is 5.97 Å². The van der Waals surface area contributed by atoms with Crippen LogP contribution >= 0.6 is 11.8 Å². The van der Waals surface area contributed by atoms with Gasteiger partial charge in [-0.3, -0.25) is 86.3 Å². The lowest BCUT2D eigenvalue weighted by atomic mass is 10.00. The first-order valence-corrected chi connectivity index (χ1v) is 45.2. The molecule has 9 rings (SSSR count). The minimum Gasteiger partial charge on any atom is -0.508 e. The number of aliphatic hydroxyl groups is 2. The molecule has 3 aromatic carbocycles. The number of aromatic amines is 3. The van der Waals surface area contributed by atoms with Crippen LogP contribution < -0.4 is 70.4 Å². The van der Waals surface area contributed by atoms with Crippen molar-refractivity contribution in [1.82, 2.24) is 97.6 Å². The van der Waals surface area contributed by atoms with Gasteiger partial charge in [-0.25, -0.2) is 4.98 Å². The molecule has 0 bridgehead atoms. The van der Waals surface area contributed by atoms with E-state index in [0.717, 1.165) is 36.3 Å². The molecular weight excluding hydrogens is 1750 g/mol. The molecule has 3 aromatic heterocycles. The second-order valence-corrected chi connectivity index (χ2v) is 34.4. The van der Waals surface area contributed by atoms with Crippen LogP contribution in [0, 0.1) is 0 Å². The number of phenolic OH excluding ortho intramolecular Hbond substituents is 1. The Morgan fingerprint density at radius 2 is 1.08 bits per heavy atom. The van der Waals surface area contributed by atoms with Crippen LogP contribution in [0.2, 0.25) is 0 Å². The number of unbranched alkanes of at least 4 members (excludes halogenated alkanes) is 2. The van der Waals surface area contributed by atoms with Crippen molar-refractivity contribution >= 4 is 140 Å². The molecule has 45 heteroatoms. The number of thioether (sulfide) groups is 1. The number of aliphatic hydroxyl groups excluding tert-OH is 2. The lowest BCUT2D eigenvalue weighted by molar-refractivity contribution is -0.149. The van der Waals surface area contributed by atoms with E-state index in [0.29, 0.717) is 64.2 Å². The summed E-state index contributed by atoms with van der Waals surface area (Å²) in [6.45, 7) is 2.00. The van der Waals surface area contributed by atoms with Gasteiger partial charge in [0.1, 0.15) is 90.3 Å². The van der Waals surface area contributed by atoms with Crippen LogP contribution in [0.4, 0.5) is 0 Å². The SMILES string of the molecule is CCCC[C@H]1C(=O)N(C)[C@@H](CCCC)C(=O)N[C@@H](CCN)C(=O)N[C@H](C(=O)NCC(N)=O)CSCC(=O)N[C@@H](Cc2ccc(O)cc2)C(=O)N(C)[C@@H](C)C(=O)N[C@@H](CC(=O)O)C(=O)N2CCC[C@H]2C(=O)N[C@@H](Cc2cnc[nH]2)C(=O)N[C@@H](CCC(N)=O)C(=O)N2C[C@H](O)C[C@H]2C(=O)N[C@@H](Cc2c[nH]c3ccccc23)C(=O)N[C@@H](CO)C(=O)N[C@@H](Cc2c[nH]c3ccccc23)C(=O)N1C. The number of carboxylic acids is 1. The highest BCUT2D eigenvalue weighted by molar-refractivity contribution is 8.00. The highest BCUT2D eigenvalue weighted by Crippen LogP contribution is 2.28. The number of aliphatic carboxylic acids is 1. The largest absolute Gasteiger partial charge is 0.508 e. The Hall–Kier alpha value is -13.6. The van der Waals surface area contributed by atoms with E-state index in [1.54, 1.807) is 60.9 Å². The Morgan fingerprint density at radius 1 is 0.541 bits per heavy atom. The van der Waals surface area contributed by atoms with E-state index in [1.807, 2.05) is 13.8 Å². The van der Waals surface area contributed by atoms with Crippen molar-refractivity contribution in [2.24, 2.45) is 17.2 Å². The average Bonchev–Trinajstić information content (AvgIpc) is 1.66. The van der Waals surface area contributed by atoms with Crippen molar-refractivity contribution in [2.45, 2.75) is 221 Å². The van der Waals surface area contributed by atoms with Crippen LogP contribution in [0.25, 0.3) is 21.8 Å². The number of carbonyl (C=O) groups is 18. The summed E-state index contributed by atoms with van der Waals surface area (Å²) in [6.07, 6.45) is 1.60. The quantitative estimate of drug-likeness (QED) is 0.0260. The summed E-state index contributed by atoms with van der Waals surface area (Å²) in [7, 11) is 3.84. The second kappa shape index (κ2) is 49.1. The first kappa shape index (κ1) is 103. The zero-order chi connectivity index (χ0) is 97.0. The lowest BCUT2D eigenvalue weighted by Gasteiger charge is -2.36. The van der Waals surface area contributed by atoms with Gasteiger partial charge in [0.2, 0.25) is 100 Å². The fraction of sp³-hybridized carbons (Fsp3) is 0.511. The number of hydrogen-bond acceptors (Lipinski definition) is 24. The molecule has 44 nitrogen and oxygen atoms in total. The van der Waals surface area contributed by atoms with Crippen LogP contribution in [0.15, 0.2) is 97.7 Å². The summed E-state index contributed by atoms with van der Waals surface area (Å²) in [5.74, 6) is -19.6. The molecule has 23 N–H and O–H groups in total. The van der Waals surface area contributed by atoms with Gasteiger partial charge in [-0.1, -0.05) is 88.1 Å². The number of nitrogens with zero attached hydrogens (tertiary/aromatic N) is 6. The molecule has 3 aliphatic heterocycles. The predicted octanol–water partition coefficient (Wildman–Crippen LogP) is -4.02. The number of imidazole rings is 1. The zero-order valence-electron chi connectivity index (χ0n) is 74.8. The number of hydrogen-bond donors (Lipinski definition) is 20. The van der Waals surface area contributed by atoms with Crippen molar-refractivity contribution < 1.29 is 107 Å². The molecular formula is C88H120N22O22S. The third-order valence-corrected chi connectivity index (χ3v) is 24.8. The predicted molar refractivity (Wildman–Crippen MR) is 482 cm³/mol. The van der Waals surface area contributed by atoms with Gasteiger partial charge in [0.05, 0.1) is 37.8 Å². The first-order valence-electron chi connectivity index (χ1n) is 44.1. The molecule has 133 heavy (non-hydrogen) atoms. The molecule has 3 aliphatic rings. The van der Waals surface area contributed by atoms with Crippen LogP contribution in [0.5, 0.6) is 5.75 Å². The number of aromatic nitrogens is 4. The van der Waals surface area contributed by atoms with E-state index < -0.39 is 260 Å². The van der Waals surface area contributed by atoms with E-state index in [-0.39, 0.29) is 75.9 Å². The number of likely N-dealkylation sites (N-methyl/N-ethyl adjacent to an activating group) is 3. The molecule has 720 valence electrons. The number of nitrogens with one attached hydrogen (secondary N) is 13. The van der Waals surface area contributed by atoms with Gasteiger partial charge in [0, 0.05) is 125 Å². The number of benzene rings is 3. The second-order valence-electron chi connectivity index (χ2n) is 33.4. The summed E-state index contributed by atoms with van der Waals surface area (Å²) in [4.78, 5) is 279. The van der Waals surface area contributed by atoms with E-state index in [1.165, 1.54) is 64.9 Å². The molecule has 0 saturated carbocycles. The fourth-order valence-corrected chi connectivity index (χ4v) is 17.1. The Kier molecular flexibility index (Phi) is 38.1. The van der Waals surface area contributed by atoms with Gasteiger partial charge < -0.3 is 130 Å². The van der Waals surface area contributed by atoms with Crippen molar-refractivity contribution in [3.8, 4) is 5.75 Å². The number of carboxylic acid groups (broad SMARTS) is 1. The summed E-state index contributed by atoms with van der Waals surface area (Å²) in [6, 6.07) is -3.43. The number of amides is 17. The van der Waals surface area contributed by atoms with Crippen LogP contribution in [0.3, 0.4) is 0 Å². The molecule has 0 unspecified atom stereocenters. The molecule has 0 spiro atoms. The standard InChI is InChI=1S/C88H120N22O22S/c1-7-9-20-67-81(125)98-58(29-30-89)77(121)105-66(76(120)95-41-72(91)115)44-133-45-73(116)97-62(32-48-23-25-52(112)26-24-48)84(128)106(4)47(3)75(119)102-64(37-74(117)118)87(131)109-31-15-22-68(109)82(126)101-61(35-51-40-92-46-96-51)79(123)99-59(27-28-71(90)114)86(130)110-42-53(113)36-70(110)83(127)100-60(33-49-38-93-56-18-13-11-16-54(49)56)78(122)104-65(43-111)80(124)103-63(34-50-39-94-57-19-14-12-17-55(50)57)85(129)108(6)69(21-10-8-2)88(132)107(67)5/h11-14,16-19,23-26,38-40,46-47,53,58-70,93-94,111-113H,7-10,15,20-22,27-37,41-45,89H2,1-6H3,(H2,90,114)(H2,91,115)(H,92,96)(H,95,120)(H,97,116)(H,98,125)(H,99,123)(H,100,127)(H,101,126)(H,102,119)(H,103,124)(H,104,122)(H,105,121)(H,117,118)/t47-,53+,58-,59-,60-,61-,62-,63-,64-,65-,66-,67-,68-,69-,70-/m0/s1. The number of aromatic hydroxyl groups is 1. The monoisotopic (exact) mass is 1870 g/mol. The summed E-state index contributed by atoms with van der Waals surface area (Å²) >= 11 is 0.749. The number of fused-ring (bicyclic) bond motifs is 4. The fourth-order valence-electron chi connectivity index (χ4n) is 16.3. The minimum absolute atomic E-state index is 0.0141. The highest BCUT2D eigenvalue weighted by atomic mass is 32.2. The maximum Gasteiger partial charge on any atom is 0.305 e. The first-order chi connectivity index (χ1) is 63.4. The van der Waals surface area contributed by atoms with Crippen molar-refractivity contribution in [2.75, 3.05) is 65.4 Å². The number of phenols is 1. The zero-order valence-corrected chi connectivity index (χ0v) is 75.6. The number of carbonyl (C=O) groups excluding carboxylic acids is 17. The molecule has 0 aliphatic carbocycles. The third kappa shape index (κ3) is 28.2. The van der Waals surface area contributed by atoms with Crippen molar-refractivity contribution in [3.63, 3.8) is 0 Å². The Morgan fingerprint density at radius 3 is 1.67 bits per heavy atom. The number of para-hydroxylation sites is 2. The lowest BCUT2D eigenvalue weighted by Crippen LogP contribution is -2.62. The number of primary amides is 2. The Labute approximate surface area is 769 Å². The smallest absolute Gasteiger partial charge is 0.305 e. The molecule has 6 aromatic rings. The molecule has 3 saturated heterocycles. The number of H-pyrrole nitrogens is 3. The van der Waals surface area contributed by atoms with Crippen LogP contribution in [-0.4, -0.2) is 327 Å². The molecule has 0 radical (unpaired) electrons. The van der Waals surface area contributed by atoms with E-state index in [9.17, 15) is 68.4 Å². The maximum atomic E-state index is 15.7. The van der Waals surface area contributed by atoms with Gasteiger partial charge in [0.15, 0.2) is 0 Å². The molecule has 3 fully saturated rings. The topological polar surface area (TPSA) is 663 Å². The highest BCUT2D eigenvalue weighted by Gasteiger charge is 2.47. The Balaban J connectivity index is 1.09. The minimum atomic E-state index is -1.94. The maximum absolute atomic E-state index is 15.7. The van der Waals surface area contributed by atoms with E-state index >= 15 is 38.4 Å².